The van der Waals surface area contributed by atoms with Crippen molar-refractivity contribution in [3.8, 4) is 0 Å². The largest absolute Gasteiger partial charge is 0.344 e. The van der Waals surface area contributed by atoms with E-state index in [2.05, 4.69) is 40.7 Å². The van der Waals surface area contributed by atoms with Crippen LogP contribution in [0.15, 0.2) is 36.4 Å². The van der Waals surface area contributed by atoms with E-state index in [1.54, 1.807) is 5.56 Å². The highest BCUT2D eigenvalue weighted by atomic mass is 35.5. The maximum atomic E-state index is 6.41. The molecule has 0 amide bonds. The number of aryl methyl sites for hydroxylation is 3. The number of halogens is 2. The Labute approximate surface area is 170 Å². The lowest BCUT2D eigenvalue weighted by molar-refractivity contribution is 0.241. The molecule has 0 atom stereocenters. The van der Waals surface area contributed by atoms with Crippen LogP contribution in [-0.4, -0.2) is 22.1 Å². The summed E-state index contributed by atoms with van der Waals surface area (Å²) in [5.41, 5.74) is 6.95. The first-order valence-corrected chi connectivity index (χ1v) is 10.6. The van der Waals surface area contributed by atoms with Gasteiger partial charge in [-0.2, -0.15) is 0 Å². The van der Waals surface area contributed by atoms with Gasteiger partial charge in [0.1, 0.15) is 0 Å². The molecule has 5 rings (SSSR count). The highest BCUT2D eigenvalue weighted by Gasteiger charge is 2.33. The van der Waals surface area contributed by atoms with E-state index >= 15 is 0 Å². The van der Waals surface area contributed by atoms with Gasteiger partial charge < -0.3 is 4.57 Å². The van der Waals surface area contributed by atoms with Crippen molar-refractivity contribution < 1.29 is 0 Å². The molecule has 2 heterocycles. The third-order valence-electron chi connectivity index (χ3n) is 6.12. The van der Waals surface area contributed by atoms with Crippen LogP contribution < -0.4 is 0 Å². The van der Waals surface area contributed by atoms with Crippen molar-refractivity contribution >= 4 is 34.1 Å². The number of nitrogens with zero attached hydrogens (tertiary/aromatic N) is 2. The standard InChI is InChI=1S/C23H24Cl2N2/c1-15-2-7-22-19(12-15)20-14-26(18-5-6-18)10-9-23(20)27(22)11-8-16-3-4-17(24)13-21(16)25/h2-4,7,12-13,18H,5-6,8-11,14H2,1H3. The van der Waals surface area contributed by atoms with E-state index in [-0.39, 0.29) is 0 Å². The second-order valence-electron chi connectivity index (χ2n) is 8.03. The maximum absolute atomic E-state index is 6.41. The van der Waals surface area contributed by atoms with E-state index in [1.807, 2.05) is 12.1 Å². The first-order valence-electron chi connectivity index (χ1n) is 9.89. The highest BCUT2D eigenvalue weighted by Crippen LogP contribution is 2.36. The number of hydrogen-bond donors (Lipinski definition) is 0. The fourth-order valence-corrected chi connectivity index (χ4v) is 5.05. The Hall–Kier alpha value is -1.48. The van der Waals surface area contributed by atoms with Gasteiger partial charge in [-0.1, -0.05) is 40.9 Å². The Bertz CT molecular complexity index is 1020. The monoisotopic (exact) mass is 398 g/mol. The van der Waals surface area contributed by atoms with Gasteiger partial charge in [0.05, 0.1) is 0 Å². The average Bonchev–Trinajstić information content (AvgIpc) is 3.45. The Morgan fingerprint density at radius 1 is 1.07 bits per heavy atom. The van der Waals surface area contributed by atoms with Gasteiger partial charge in [-0.3, -0.25) is 4.90 Å². The first kappa shape index (κ1) is 17.6. The summed E-state index contributed by atoms with van der Waals surface area (Å²) < 4.78 is 2.54. The van der Waals surface area contributed by atoms with Gasteiger partial charge in [0.15, 0.2) is 0 Å². The predicted molar refractivity (Wildman–Crippen MR) is 114 cm³/mol. The molecular formula is C23H24Cl2N2. The maximum Gasteiger partial charge on any atom is 0.0486 e. The van der Waals surface area contributed by atoms with Gasteiger partial charge in [0.2, 0.25) is 0 Å². The summed E-state index contributed by atoms with van der Waals surface area (Å²) in [4.78, 5) is 2.69. The van der Waals surface area contributed by atoms with E-state index in [4.69, 9.17) is 23.2 Å². The van der Waals surface area contributed by atoms with Gasteiger partial charge in [0, 0.05) is 58.7 Å². The lowest BCUT2D eigenvalue weighted by Gasteiger charge is -2.28. The highest BCUT2D eigenvalue weighted by molar-refractivity contribution is 6.35. The molecular weight excluding hydrogens is 375 g/mol. The summed E-state index contributed by atoms with van der Waals surface area (Å²) >= 11 is 12.5. The van der Waals surface area contributed by atoms with Crippen molar-refractivity contribution in [3.05, 3.63) is 68.8 Å². The molecule has 27 heavy (non-hydrogen) atoms. The van der Waals surface area contributed by atoms with Crippen LogP contribution >= 0.6 is 23.2 Å². The van der Waals surface area contributed by atoms with Crippen molar-refractivity contribution in [2.24, 2.45) is 0 Å². The molecule has 1 aromatic heterocycles. The molecule has 2 aliphatic rings. The van der Waals surface area contributed by atoms with E-state index in [9.17, 15) is 0 Å². The minimum absolute atomic E-state index is 0.697. The minimum Gasteiger partial charge on any atom is -0.344 e. The molecule has 3 aromatic rings. The smallest absolute Gasteiger partial charge is 0.0486 e. The summed E-state index contributed by atoms with van der Waals surface area (Å²) in [5, 5.41) is 2.91. The molecule has 0 N–H and O–H groups in total. The predicted octanol–water partition coefficient (Wildman–Crippen LogP) is 6.02. The molecule has 140 valence electrons. The first-order chi connectivity index (χ1) is 13.1. The zero-order valence-corrected chi connectivity index (χ0v) is 17.2. The van der Waals surface area contributed by atoms with Gasteiger partial charge in [-0.25, -0.2) is 0 Å². The lowest BCUT2D eigenvalue weighted by atomic mass is 10.0. The summed E-state index contributed by atoms with van der Waals surface area (Å²) in [6.45, 7) is 5.45. The number of aromatic nitrogens is 1. The van der Waals surface area contributed by atoms with Crippen LogP contribution in [-0.2, 0) is 25.9 Å². The number of benzene rings is 2. The lowest BCUT2D eigenvalue weighted by Crippen LogP contribution is -2.32. The molecule has 0 saturated heterocycles. The van der Waals surface area contributed by atoms with Crippen molar-refractivity contribution in [2.45, 2.75) is 51.7 Å². The summed E-state index contributed by atoms with van der Waals surface area (Å²) in [6.07, 6.45) is 4.82. The van der Waals surface area contributed by atoms with Crippen LogP contribution in [0.1, 0.15) is 35.2 Å². The van der Waals surface area contributed by atoms with Crippen LogP contribution in [0.3, 0.4) is 0 Å². The molecule has 0 spiro atoms. The molecule has 0 radical (unpaired) electrons. The van der Waals surface area contributed by atoms with Crippen LogP contribution in [0.2, 0.25) is 10.0 Å². The molecule has 2 aromatic carbocycles. The van der Waals surface area contributed by atoms with Crippen molar-refractivity contribution in [1.29, 1.82) is 0 Å². The molecule has 1 saturated carbocycles. The number of hydrogen-bond acceptors (Lipinski definition) is 1. The van der Waals surface area contributed by atoms with Crippen molar-refractivity contribution in [3.63, 3.8) is 0 Å². The van der Waals surface area contributed by atoms with E-state index in [1.165, 1.54) is 47.1 Å². The SMILES string of the molecule is Cc1ccc2c(c1)c1c(n2CCc2ccc(Cl)cc2Cl)CCN(C2CC2)C1. The van der Waals surface area contributed by atoms with Crippen molar-refractivity contribution in [1.82, 2.24) is 9.47 Å². The quantitative estimate of drug-likeness (QED) is 0.521. The molecule has 1 aliphatic carbocycles. The molecule has 0 unspecified atom stereocenters. The van der Waals surface area contributed by atoms with E-state index < -0.39 is 0 Å². The average molecular weight is 399 g/mol. The summed E-state index contributed by atoms with van der Waals surface area (Å²) in [7, 11) is 0. The molecule has 1 aliphatic heterocycles. The number of fused-ring (bicyclic) bond motifs is 3. The fourth-order valence-electron chi connectivity index (χ4n) is 4.55. The minimum atomic E-state index is 0.697. The zero-order valence-electron chi connectivity index (χ0n) is 15.6. The number of rotatable bonds is 4. The van der Waals surface area contributed by atoms with E-state index in [0.29, 0.717) is 5.02 Å². The topological polar surface area (TPSA) is 8.17 Å². The Balaban J connectivity index is 1.52. The van der Waals surface area contributed by atoms with Crippen LogP contribution in [0, 0.1) is 6.92 Å². The van der Waals surface area contributed by atoms with Gasteiger partial charge in [0.25, 0.3) is 0 Å². The van der Waals surface area contributed by atoms with E-state index in [0.717, 1.165) is 37.0 Å². The van der Waals surface area contributed by atoms with Crippen LogP contribution in [0.4, 0.5) is 0 Å². The third-order valence-corrected chi connectivity index (χ3v) is 6.71. The summed E-state index contributed by atoms with van der Waals surface area (Å²) in [6, 6.07) is 13.6. The Morgan fingerprint density at radius 3 is 2.70 bits per heavy atom. The fraction of sp³-hybridized carbons (Fsp3) is 0.391. The second-order valence-corrected chi connectivity index (χ2v) is 8.88. The second kappa shape index (κ2) is 6.84. The van der Waals surface area contributed by atoms with Gasteiger partial charge in [-0.05, 0) is 61.6 Å². The Morgan fingerprint density at radius 2 is 1.93 bits per heavy atom. The molecule has 1 fully saturated rings. The molecule has 2 nitrogen and oxygen atoms in total. The third kappa shape index (κ3) is 3.29. The van der Waals surface area contributed by atoms with Crippen LogP contribution in [0.25, 0.3) is 10.9 Å². The molecule has 0 bridgehead atoms. The zero-order chi connectivity index (χ0) is 18.5. The molecule has 4 heteroatoms. The van der Waals surface area contributed by atoms with Crippen LogP contribution in [0.5, 0.6) is 0 Å². The normalized spacial score (nSPS) is 17.4. The Kier molecular flexibility index (Phi) is 4.46. The van der Waals surface area contributed by atoms with Gasteiger partial charge >= 0.3 is 0 Å². The summed E-state index contributed by atoms with van der Waals surface area (Å²) in [5.74, 6) is 0. The van der Waals surface area contributed by atoms with Gasteiger partial charge in [-0.15, -0.1) is 0 Å². The van der Waals surface area contributed by atoms with Crippen molar-refractivity contribution in [2.75, 3.05) is 6.54 Å².